The molecule has 1 aromatic rings. The summed E-state index contributed by atoms with van der Waals surface area (Å²) in [4.78, 5) is 25.3. The lowest BCUT2D eigenvalue weighted by Crippen LogP contribution is -2.23. The summed E-state index contributed by atoms with van der Waals surface area (Å²) in [6, 6.07) is 7.04. The van der Waals surface area contributed by atoms with E-state index in [0.29, 0.717) is 22.0 Å². The highest BCUT2D eigenvalue weighted by Crippen LogP contribution is 2.34. The second-order valence-electron chi connectivity index (χ2n) is 4.14. The first-order valence-electron chi connectivity index (χ1n) is 6.00. The van der Waals surface area contributed by atoms with Crippen LogP contribution in [0.25, 0.3) is 0 Å². The van der Waals surface area contributed by atoms with Crippen LogP contribution in [0.4, 0.5) is 5.69 Å². The molecule has 19 heavy (non-hydrogen) atoms. The van der Waals surface area contributed by atoms with Gasteiger partial charge in [-0.15, -0.1) is 0 Å². The smallest absolute Gasteiger partial charge is 0.336 e. The second-order valence-corrected chi connectivity index (χ2v) is 4.55. The number of halogens is 1. The molecule has 0 aromatic heterocycles. The van der Waals surface area contributed by atoms with Gasteiger partial charge in [-0.25, -0.2) is 4.79 Å². The number of hydrogen-bond donors (Lipinski definition) is 0. The fourth-order valence-corrected chi connectivity index (χ4v) is 2.29. The molecule has 100 valence electrons. The first kappa shape index (κ1) is 13.6. The molecule has 0 atom stereocenters. The SMILES string of the molecule is CCOC(=O)C1=C(C)N(c2ccccc2Cl)C(=O)C1. The van der Waals surface area contributed by atoms with E-state index in [9.17, 15) is 9.59 Å². The summed E-state index contributed by atoms with van der Waals surface area (Å²) in [7, 11) is 0. The number of anilines is 1. The third-order valence-corrected chi connectivity index (χ3v) is 3.28. The third-order valence-electron chi connectivity index (χ3n) is 2.96. The fraction of sp³-hybridized carbons (Fsp3) is 0.286. The quantitative estimate of drug-likeness (QED) is 0.799. The molecule has 1 aliphatic rings. The summed E-state index contributed by atoms with van der Waals surface area (Å²) in [5.41, 5.74) is 1.56. The molecule has 0 fully saturated rings. The van der Waals surface area contributed by atoms with Crippen LogP contribution in [-0.4, -0.2) is 18.5 Å². The van der Waals surface area contributed by atoms with E-state index >= 15 is 0 Å². The lowest BCUT2D eigenvalue weighted by atomic mass is 10.2. The van der Waals surface area contributed by atoms with Gasteiger partial charge in [-0.2, -0.15) is 0 Å². The number of allylic oxidation sites excluding steroid dienone is 1. The number of nitrogens with zero attached hydrogens (tertiary/aromatic N) is 1. The van der Waals surface area contributed by atoms with Gasteiger partial charge in [-0.3, -0.25) is 9.69 Å². The standard InChI is InChI=1S/C14H14ClNO3/c1-3-19-14(18)10-8-13(17)16(9(10)2)12-7-5-4-6-11(12)15/h4-7H,3,8H2,1-2H3. The van der Waals surface area contributed by atoms with Crippen molar-refractivity contribution in [3.05, 3.63) is 40.6 Å². The minimum Gasteiger partial charge on any atom is -0.463 e. The number of benzene rings is 1. The molecule has 2 rings (SSSR count). The normalized spacial score (nSPS) is 15.1. The van der Waals surface area contributed by atoms with E-state index in [-0.39, 0.29) is 18.9 Å². The molecule has 0 spiro atoms. The minimum absolute atomic E-state index is 0.0515. The molecule has 0 saturated heterocycles. The Hall–Kier alpha value is -1.81. The van der Waals surface area contributed by atoms with Crippen LogP contribution >= 0.6 is 11.6 Å². The van der Waals surface area contributed by atoms with Crippen molar-refractivity contribution >= 4 is 29.2 Å². The zero-order valence-electron chi connectivity index (χ0n) is 10.8. The number of hydrogen-bond acceptors (Lipinski definition) is 3. The maximum Gasteiger partial charge on any atom is 0.336 e. The molecule has 1 amide bonds. The van der Waals surface area contributed by atoms with E-state index in [1.807, 2.05) is 0 Å². The molecule has 0 bridgehead atoms. The van der Waals surface area contributed by atoms with E-state index in [4.69, 9.17) is 16.3 Å². The number of amides is 1. The number of carbonyl (C=O) groups is 2. The fourth-order valence-electron chi connectivity index (χ4n) is 2.07. The number of para-hydroxylation sites is 1. The Labute approximate surface area is 116 Å². The van der Waals surface area contributed by atoms with Crippen molar-refractivity contribution in [1.82, 2.24) is 0 Å². The molecular weight excluding hydrogens is 266 g/mol. The zero-order chi connectivity index (χ0) is 14.0. The molecule has 1 aliphatic heterocycles. The molecule has 0 unspecified atom stereocenters. The van der Waals surface area contributed by atoms with Crippen molar-refractivity contribution in [2.45, 2.75) is 20.3 Å². The van der Waals surface area contributed by atoms with Gasteiger partial charge in [0.25, 0.3) is 0 Å². The zero-order valence-corrected chi connectivity index (χ0v) is 11.5. The van der Waals surface area contributed by atoms with Crippen molar-refractivity contribution in [2.75, 3.05) is 11.5 Å². The monoisotopic (exact) mass is 279 g/mol. The average Bonchev–Trinajstić information content (AvgIpc) is 2.66. The van der Waals surface area contributed by atoms with E-state index in [1.54, 1.807) is 38.1 Å². The lowest BCUT2D eigenvalue weighted by molar-refractivity contribution is -0.139. The third kappa shape index (κ3) is 2.49. The van der Waals surface area contributed by atoms with Gasteiger partial charge in [0.05, 0.1) is 29.3 Å². The first-order valence-corrected chi connectivity index (χ1v) is 6.38. The molecular formula is C14H14ClNO3. The summed E-state index contributed by atoms with van der Waals surface area (Å²) < 4.78 is 4.95. The van der Waals surface area contributed by atoms with Gasteiger partial charge in [0.2, 0.25) is 5.91 Å². The van der Waals surface area contributed by atoms with Crippen LogP contribution in [0.2, 0.25) is 5.02 Å². The molecule has 4 nitrogen and oxygen atoms in total. The van der Waals surface area contributed by atoms with Crippen molar-refractivity contribution in [3.8, 4) is 0 Å². The van der Waals surface area contributed by atoms with E-state index in [1.165, 1.54) is 4.90 Å². The minimum atomic E-state index is -0.442. The topological polar surface area (TPSA) is 46.6 Å². The van der Waals surface area contributed by atoms with Gasteiger partial charge in [0.1, 0.15) is 0 Å². The molecule has 0 radical (unpaired) electrons. The molecule has 0 aliphatic carbocycles. The van der Waals surface area contributed by atoms with E-state index in [0.717, 1.165) is 0 Å². The number of esters is 1. The van der Waals surface area contributed by atoms with Crippen molar-refractivity contribution in [3.63, 3.8) is 0 Å². The Kier molecular flexibility index (Phi) is 3.90. The predicted octanol–water partition coefficient (Wildman–Crippen LogP) is 2.91. The lowest BCUT2D eigenvalue weighted by Gasteiger charge is -2.19. The van der Waals surface area contributed by atoms with Gasteiger partial charge >= 0.3 is 5.97 Å². The van der Waals surface area contributed by atoms with Crippen LogP contribution in [-0.2, 0) is 14.3 Å². The maximum absolute atomic E-state index is 12.1. The molecule has 1 heterocycles. The molecule has 0 N–H and O–H groups in total. The Morgan fingerprint density at radius 2 is 2.11 bits per heavy atom. The number of carbonyl (C=O) groups excluding carboxylic acids is 2. The van der Waals surface area contributed by atoms with Crippen molar-refractivity contribution in [2.24, 2.45) is 0 Å². The Morgan fingerprint density at radius 3 is 2.74 bits per heavy atom. The van der Waals surface area contributed by atoms with Crippen LogP contribution < -0.4 is 4.90 Å². The van der Waals surface area contributed by atoms with Crippen molar-refractivity contribution < 1.29 is 14.3 Å². The van der Waals surface area contributed by atoms with Crippen LogP contribution in [0, 0.1) is 0 Å². The first-order chi connectivity index (χ1) is 9.06. The second kappa shape index (κ2) is 5.45. The van der Waals surface area contributed by atoms with Crippen LogP contribution in [0.5, 0.6) is 0 Å². The largest absolute Gasteiger partial charge is 0.463 e. The Morgan fingerprint density at radius 1 is 1.42 bits per heavy atom. The van der Waals surface area contributed by atoms with Gasteiger partial charge in [-0.05, 0) is 26.0 Å². The Balaban J connectivity index is 2.40. The highest BCUT2D eigenvalue weighted by Gasteiger charge is 2.33. The highest BCUT2D eigenvalue weighted by molar-refractivity contribution is 6.34. The van der Waals surface area contributed by atoms with Gasteiger partial charge in [0, 0.05) is 5.70 Å². The highest BCUT2D eigenvalue weighted by atomic mass is 35.5. The van der Waals surface area contributed by atoms with Crippen LogP contribution in [0.3, 0.4) is 0 Å². The summed E-state index contributed by atoms with van der Waals surface area (Å²) in [6.07, 6.45) is 0.0515. The van der Waals surface area contributed by atoms with Crippen LogP contribution in [0.1, 0.15) is 20.3 Å². The average molecular weight is 280 g/mol. The molecule has 0 saturated carbocycles. The summed E-state index contributed by atoms with van der Waals surface area (Å²) >= 11 is 6.09. The van der Waals surface area contributed by atoms with Gasteiger partial charge in [0.15, 0.2) is 0 Å². The molecule has 5 heteroatoms. The number of rotatable bonds is 3. The summed E-state index contributed by atoms with van der Waals surface area (Å²) in [5, 5.41) is 0.473. The van der Waals surface area contributed by atoms with E-state index < -0.39 is 5.97 Å². The van der Waals surface area contributed by atoms with Crippen molar-refractivity contribution in [1.29, 1.82) is 0 Å². The van der Waals surface area contributed by atoms with E-state index in [2.05, 4.69) is 0 Å². The summed E-state index contributed by atoms with van der Waals surface area (Å²) in [6.45, 7) is 3.74. The number of ether oxygens (including phenoxy) is 1. The van der Waals surface area contributed by atoms with Crippen LogP contribution in [0.15, 0.2) is 35.5 Å². The Bertz CT molecular complexity index is 566. The van der Waals surface area contributed by atoms with Gasteiger partial charge < -0.3 is 4.74 Å². The predicted molar refractivity (Wildman–Crippen MR) is 72.9 cm³/mol. The maximum atomic E-state index is 12.1. The van der Waals surface area contributed by atoms with Gasteiger partial charge in [-0.1, -0.05) is 23.7 Å². The summed E-state index contributed by atoms with van der Waals surface area (Å²) in [5.74, 6) is -0.614. The molecule has 1 aromatic carbocycles.